The van der Waals surface area contributed by atoms with Gasteiger partial charge < -0.3 is 4.74 Å². The molecule has 1 aromatic carbocycles. The van der Waals surface area contributed by atoms with Crippen molar-refractivity contribution >= 4 is 11.7 Å². The summed E-state index contributed by atoms with van der Waals surface area (Å²) in [5, 5.41) is 10.5. The van der Waals surface area contributed by atoms with E-state index in [1.807, 2.05) is 0 Å². The van der Waals surface area contributed by atoms with Gasteiger partial charge in [-0.25, -0.2) is 0 Å². The van der Waals surface area contributed by atoms with Crippen molar-refractivity contribution in [1.82, 2.24) is 0 Å². The Bertz CT molecular complexity index is 511. The van der Waals surface area contributed by atoms with Crippen LogP contribution in [-0.4, -0.2) is 18.0 Å². The SMILES string of the molecule is COC(=O)CC#Cc1ccc([N+](=O)[O-])cc1C. The molecule has 0 bridgehead atoms. The predicted octanol–water partition coefficient (Wildman–Crippen LogP) is 1.82. The summed E-state index contributed by atoms with van der Waals surface area (Å²) in [6.07, 6.45) is 0.00687. The zero-order valence-corrected chi connectivity index (χ0v) is 9.52. The van der Waals surface area contributed by atoms with Gasteiger partial charge in [0.1, 0.15) is 6.42 Å². The molecule has 1 rings (SSSR count). The summed E-state index contributed by atoms with van der Waals surface area (Å²) >= 11 is 0. The lowest BCUT2D eigenvalue weighted by Crippen LogP contribution is -1.97. The van der Waals surface area contributed by atoms with E-state index in [0.717, 1.165) is 0 Å². The highest BCUT2D eigenvalue weighted by atomic mass is 16.6. The molecule has 5 heteroatoms. The fraction of sp³-hybridized carbons (Fsp3) is 0.250. The lowest BCUT2D eigenvalue weighted by atomic mass is 10.1. The van der Waals surface area contributed by atoms with Gasteiger partial charge in [0.25, 0.3) is 5.69 Å². The Morgan fingerprint density at radius 1 is 1.53 bits per heavy atom. The number of hydrogen-bond donors (Lipinski definition) is 0. The minimum Gasteiger partial charge on any atom is -0.468 e. The Labute approximate surface area is 98.5 Å². The number of nitro groups is 1. The van der Waals surface area contributed by atoms with Gasteiger partial charge in [0.15, 0.2) is 0 Å². The maximum atomic E-state index is 10.8. The number of non-ortho nitro benzene ring substituents is 1. The van der Waals surface area contributed by atoms with Crippen molar-refractivity contribution < 1.29 is 14.5 Å². The number of nitrogens with zero attached hydrogens (tertiary/aromatic N) is 1. The highest BCUT2D eigenvalue weighted by Crippen LogP contribution is 2.16. The fourth-order valence-electron chi connectivity index (χ4n) is 1.19. The van der Waals surface area contributed by atoms with Gasteiger partial charge in [0.05, 0.1) is 12.0 Å². The van der Waals surface area contributed by atoms with Crippen LogP contribution in [0.25, 0.3) is 0 Å². The van der Waals surface area contributed by atoms with E-state index >= 15 is 0 Å². The number of aryl methyl sites for hydroxylation is 1. The second-order valence-electron chi connectivity index (χ2n) is 3.31. The molecule has 0 spiro atoms. The Morgan fingerprint density at radius 2 is 2.24 bits per heavy atom. The van der Waals surface area contributed by atoms with Gasteiger partial charge in [-0.3, -0.25) is 14.9 Å². The number of ether oxygens (including phenoxy) is 1. The summed E-state index contributed by atoms with van der Waals surface area (Å²) < 4.78 is 4.44. The summed E-state index contributed by atoms with van der Waals surface area (Å²) in [5.41, 5.74) is 1.40. The fourth-order valence-corrected chi connectivity index (χ4v) is 1.19. The molecule has 17 heavy (non-hydrogen) atoms. The predicted molar refractivity (Wildman–Crippen MR) is 61.3 cm³/mol. The number of carbonyl (C=O) groups excluding carboxylic acids is 1. The summed E-state index contributed by atoms with van der Waals surface area (Å²) in [4.78, 5) is 20.9. The lowest BCUT2D eigenvalue weighted by Gasteiger charge is -1.97. The third-order valence-corrected chi connectivity index (χ3v) is 2.10. The van der Waals surface area contributed by atoms with E-state index < -0.39 is 10.9 Å². The van der Waals surface area contributed by atoms with Crippen LogP contribution in [0.5, 0.6) is 0 Å². The third kappa shape index (κ3) is 3.61. The topological polar surface area (TPSA) is 69.4 Å². The molecule has 0 heterocycles. The average molecular weight is 233 g/mol. The molecule has 5 nitrogen and oxygen atoms in total. The quantitative estimate of drug-likeness (QED) is 0.338. The number of benzene rings is 1. The zero-order chi connectivity index (χ0) is 12.8. The van der Waals surface area contributed by atoms with E-state index in [4.69, 9.17) is 0 Å². The van der Waals surface area contributed by atoms with Gasteiger partial charge in [-0.05, 0) is 18.6 Å². The first-order chi connectivity index (χ1) is 8.04. The Balaban J connectivity index is 2.86. The molecular formula is C12H11NO4. The Hall–Kier alpha value is -2.35. The van der Waals surface area contributed by atoms with Crippen LogP contribution in [0.2, 0.25) is 0 Å². The number of esters is 1. The number of carbonyl (C=O) groups is 1. The van der Waals surface area contributed by atoms with Crippen molar-refractivity contribution in [2.24, 2.45) is 0 Å². The van der Waals surface area contributed by atoms with Crippen LogP contribution in [0.3, 0.4) is 0 Å². The number of nitro benzene ring substituents is 1. The Morgan fingerprint density at radius 3 is 2.76 bits per heavy atom. The van der Waals surface area contributed by atoms with Crippen LogP contribution in [0.1, 0.15) is 17.5 Å². The Kier molecular flexibility index (Phi) is 4.23. The second-order valence-corrected chi connectivity index (χ2v) is 3.31. The molecule has 0 fully saturated rings. The van der Waals surface area contributed by atoms with Gasteiger partial charge >= 0.3 is 5.97 Å². The first-order valence-corrected chi connectivity index (χ1v) is 4.85. The highest BCUT2D eigenvalue weighted by Gasteiger charge is 2.06. The molecule has 88 valence electrons. The molecule has 0 atom stereocenters. The summed E-state index contributed by atoms with van der Waals surface area (Å²) in [7, 11) is 1.29. The minimum absolute atomic E-state index is 0.00687. The molecule has 0 unspecified atom stereocenters. The molecule has 0 saturated heterocycles. The molecule has 1 aromatic rings. The molecule has 0 aliphatic carbocycles. The van der Waals surface area contributed by atoms with Crippen LogP contribution < -0.4 is 0 Å². The molecule has 0 aliphatic heterocycles. The van der Waals surface area contributed by atoms with Crippen LogP contribution >= 0.6 is 0 Å². The van der Waals surface area contributed by atoms with Crippen LogP contribution in [0.15, 0.2) is 18.2 Å². The van der Waals surface area contributed by atoms with E-state index in [1.54, 1.807) is 13.0 Å². The van der Waals surface area contributed by atoms with E-state index in [9.17, 15) is 14.9 Å². The maximum Gasteiger partial charge on any atom is 0.317 e. The number of methoxy groups -OCH3 is 1. The maximum absolute atomic E-state index is 10.8. The largest absolute Gasteiger partial charge is 0.468 e. The molecule has 0 amide bonds. The van der Waals surface area contributed by atoms with Crippen molar-refractivity contribution in [1.29, 1.82) is 0 Å². The lowest BCUT2D eigenvalue weighted by molar-refractivity contribution is -0.384. The second kappa shape index (κ2) is 5.66. The molecule has 0 saturated carbocycles. The van der Waals surface area contributed by atoms with Crippen molar-refractivity contribution in [2.75, 3.05) is 7.11 Å². The van der Waals surface area contributed by atoms with Gasteiger partial charge in [0, 0.05) is 17.7 Å². The van der Waals surface area contributed by atoms with E-state index in [-0.39, 0.29) is 12.1 Å². The molecule has 0 radical (unpaired) electrons. The van der Waals surface area contributed by atoms with Gasteiger partial charge in [-0.1, -0.05) is 11.8 Å². The van der Waals surface area contributed by atoms with Crippen LogP contribution in [0, 0.1) is 28.9 Å². The van der Waals surface area contributed by atoms with Gasteiger partial charge in [-0.2, -0.15) is 0 Å². The van der Waals surface area contributed by atoms with Crippen molar-refractivity contribution in [2.45, 2.75) is 13.3 Å². The van der Waals surface area contributed by atoms with Gasteiger partial charge in [0.2, 0.25) is 0 Å². The first-order valence-electron chi connectivity index (χ1n) is 4.85. The molecular weight excluding hydrogens is 222 g/mol. The first kappa shape index (κ1) is 12.7. The molecule has 0 aromatic heterocycles. The normalized spacial score (nSPS) is 9.06. The molecule has 0 aliphatic rings. The number of hydrogen-bond acceptors (Lipinski definition) is 4. The average Bonchev–Trinajstić information content (AvgIpc) is 2.30. The zero-order valence-electron chi connectivity index (χ0n) is 9.52. The van der Waals surface area contributed by atoms with Crippen molar-refractivity contribution in [3.63, 3.8) is 0 Å². The van der Waals surface area contributed by atoms with E-state index in [1.165, 1.54) is 19.2 Å². The monoisotopic (exact) mass is 233 g/mol. The van der Waals surface area contributed by atoms with Crippen molar-refractivity contribution in [3.8, 4) is 11.8 Å². The highest BCUT2D eigenvalue weighted by molar-refractivity contribution is 5.72. The summed E-state index contributed by atoms with van der Waals surface area (Å²) in [6, 6.07) is 4.40. The number of rotatable bonds is 2. The van der Waals surface area contributed by atoms with E-state index in [2.05, 4.69) is 16.6 Å². The van der Waals surface area contributed by atoms with Crippen molar-refractivity contribution in [3.05, 3.63) is 39.4 Å². The standard InChI is InChI=1S/C12H11NO4/c1-9-8-11(13(15)16)7-6-10(9)4-3-5-12(14)17-2/h6-8H,5H2,1-2H3. The van der Waals surface area contributed by atoms with Gasteiger partial charge in [-0.15, -0.1) is 0 Å². The molecule has 0 N–H and O–H groups in total. The van der Waals surface area contributed by atoms with Crippen LogP contribution in [0.4, 0.5) is 5.69 Å². The summed E-state index contributed by atoms with van der Waals surface area (Å²) in [5.74, 6) is 5.01. The smallest absolute Gasteiger partial charge is 0.317 e. The van der Waals surface area contributed by atoms with Crippen LogP contribution in [-0.2, 0) is 9.53 Å². The van der Waals surface area contributed by atoms with E-state index in [0.29, 0.717) is 11.1 Å². The third-order valence-electron chi connectivity index (χ3n) is 2.10. The minimum atomic E-state index is -0.460. The summed E-state index contributed by atoms with van der Waals surface area (Å²) in [6.45, 7) is 1.73.